The molecule has 1 aromatic heterocycles. The van der Waals surface area contributed by atoms with E-state index >= 15 is 0 Å². The highest BCUT2D eigenvalue weighted by molar-refractivity contribution is 7.85. The van der Waals surface area contributed by atoms with Gasteiger partial charge in [-0.2, -0.15) is 0 Å². The van der Waals surface area contributed by atoms with Gasteiger partial charge in [0.25, 0.3) is 5.56 Å². The minimum absolute atomic E-state index is 0.0759. The summed E-state index contributed by atoms with van der Waals surface area (Å²) in [4.78, 5) is 12.3. The first-order chi connectivity index (χ1) is 9.08. The number of aryl methyl sites for hydroxylation is 2. The highest BCUT2D eigenvalue weighted by Gasteiger charge is 2.06. The van der Waals surface area contributed by atoms with Crippen LogP contribution in [-0.4, -0.2) is 14.5 Å². The van der Waals surface area contributed by atoms with Gasteiger partial charge in [-0.1, -0.05) is 6.07 Å². The summed E-state index contributed by atoms with van der Waals surface area (Å²) in [5, 5.41) is 0. The molecule has 0 aliphatic rings. The minimum Gasteiger partial charge on any atom is -0.399 e. The predicted octanol–water partition coefficient (Wildman–Crippen LogP) is 1.55. The van der Waals surface area contributed by atoms with E-state index in [4.69, 9.17) is 5.73 Å². The van der Waals surface area contributed by atoms with Gasteiger partial charge in [-0.3, -0.25) is 9.00 Å². The average Bonchev–Trinajstić information content (AvgIpc) is 2.40. The molecule has 2 aromatic rings. The summed E-state index contributed by atoms with van der Waals surface area (Å²) in [6, 6.07) is 10.3. The van der Waals surface area contributed by atoms with Crippen LogP contribution in [0.4, 0.5) is 5.69 Å². The molecular weight excluding hydrogens is 260 g/mol. The number of hydrogen-bond acceptors (Lipinski definition) is 3. The van der Waals surface area contributed by atoms with Crippen LogP contribution in [0.15, 0.2) is 52.3 Å². The molecule has 0 saturated carbocycles. The highest BCUT2D eigenvalue weighted by Crippen LogP contribution is 2.15. The van der Waals surface area contributed by atoms with Gasteiger partial charge in [0.15, 0.2) is 0 Å². The molecule has 1 heterocycles. The third-order valence-electron chi connectivity index (χ3n) is 2.92. The summed E-state index contributed by atoms with van der Waals surface area (Å²) < 4.78 is 13.7. The number of nitrogens with two attached hydrogens (primary N) is 1. The van der Waals surface area contributed by atoms with Gasteiger partial charge in [-0.05, 0) is 36.8 Å². The molecule has 0 bridgehead atoms. The second kappa shape index (κ2) is 5.84. The Labute approximate surface area is 114 Å². The lowest BCUT2D eigenvalue weighted by atomic mass is 10.2. The molecule has 0 aliphatic carbocycles. The lowest BCUT2D eigenvalue weighted by Gasteiger charge is -2.07. The molecule has 1 aromatic carbocycles. The highest BCUT2D eigenvalue weighted by atomic mass is 32.2. The Morgan fingerprint density at radius 1 is 1.26 bits per heavy atom. The van der Waals surface area contributed by atoms with Crippen molar-refractivity contribution >= 4 is 16.5 Å². The second-order valence-electron chi connectivity index (χ2n) is 4.30. The first-order valence-electron chi connectivity index (χ1n) is 5.98. The Hall–Kier alpha value is -1.88. The van der Waals surface area contributed by atoms with Crippen LogP contribution < -0.4 is 11.3 Å². The standard InChI is InChI=1S/C14H16N2O2S/c1-11-10-12(5-6-13(11)15)19(18)9-8-16-7-3-2-4-14(16)17/h2-7,10H,8-9,15H2,1H3. The zero-order valence-electron chi connectivity index (χ0n) is 10.7. The average molecular weight is 276 g/mol. The Kier molecular flexibility index (Phi) is 4.16. The van der Waals surface area contributed by atoms with Gasteiger partial charge in [0.05, 0.1) is 10.8 Å². The molecule has 0 aliphatic heterocycles. The lowest BCUT2D eigenvalue weighted by molar-refractivity contribution is 0.669. The van der Waals surface area contributed by atoms with Crippen molar-refractivity contribution < 1.29 is 4.21 Å². The number of nitrogen functional groups attached to an aromatic ring is 1. The Morgan fingerprint density at radius 3 is 2.74 bits per heavy atom. The molecule has 100 valence electrons. The van der Waals surface area contributed by atoms with Crippen molar-refractivity contribution in [2.45, 2.75) is 18.4 Å². The van der Waals surface area contributed by atoms with Gasteiger partial charge in [0, 0.05) is 35.1 Å². The van der Waals surface area contributed by atoms with Gasteiger partial charge in [-0.25, -0.2) is 0 Å². The molecule has 1 unspecified atom stereocenters. The fourth-order valence-electron chi connectivity index (χ4n) is 1.73. The molecule has 1 atom stereocenters. The zero-order valence-corrected chi connectivity index (χ0v) is 11.5. The molecule has 0 spiro atoms. The number of nitrogens with zero attached hydrogens (tertiary/aromatic N) is 1. The summed E-state index contributed by atoms with van der Waals surface area (Å²) in [6.45, 7) is 2.33. The smallest absolute Gasteiger partial charge is 0.250 e. The number of benzene rings is 1. The van der Waals surface area contributed by atoms with Crippen molar-refractivity contribution in [3.05, 3.63) is 58.5 Å². The molecular formula is C14H16N2O2S. The lowest BCUT2D eigenvalue weighted by Crippen LogP contribution is -2.20. The summed E-state index contributed by atoms with van der Waals surface area (Å²) >= 11 is 0. The van der Waals surface area contributed by atoms with E-state index in [1.165, 1.54) is 6.07 Å². The summed E-state index contributed by atoms with van der Waals surface area (Å²) in [5.74, 6) is 0.410. The first kappa shape index (κ1) is 13.5. The quantitative estimate of drug-likeness (QED) is 0.862. The number of pyridine rings is 1. The number of hydrogen-bond donors (Lipinski definition) is 1. The number of aromatic nitrogens is 1. The predicted molar refractivity (Wildman–Crippen MR) is 77.6 cm³/mol. The largest absolute Gasteiger partial charge is 0.399 e. The van der Waals surface area contributed by atoms with E-state index < -0.39 is 10.8 Å². The topological polar surface area (TPSA) is 65.1 Å². The molecule has 19 heavy (non-hydrogen) atoms. The zero-order chi connectivity index (χ0) is 13.8. The third kappa shape index (κ3) is 3.32. The molecule has 2 N–H and O–H groups in total. The second-order valence-corrected chi connectivity index (χ2v) is 5.87. The first-order valence-corrected chi connectivity index (χ1v) is 7.30. The van der Waals surface area contributed by atoms with Gasteiger partial charge in [0.2, 0.25) is 0 Å². The van der Waals surface area contributed by atoms with Crippen LogP contribution >= 0.6 is 0 Å². The van der Waals surface area contributed by atoms with E-state index in [2.05, 4.69) is 0 Å². The maximum Gasteiger partial charge on any atom is 0.250 e. The van der Waals surface area contributed by atoms with Crippen molar-refractivity contribution in [1.82, 2.24) is 4.57 Å². The van der Waals surface area contributed by atoms with Crippen molar-refractivity contribution in [2.24, 2.45) is 0 Å². The summed E-state index contributed by atoms with van der Waals surface area (Å²) in [5.41, 5.74) is 7.27. The molecule has 0 saturated heterocycles. The Balaban J connectivity index is 2.08. The van der Waals surface area contributed by atoms with Crippen LogP contribution in [0.25, 0.3) is 0 Å². The molecule has 4 nitrogen and oxygen atoms in total. The maximum atomic E-state index is 12.1. The van der Waals surface area contributed by atoms with Gasteiger partial charge in [-0.15, -0.1) is 0 Å². The Morgan fingerprint density at radius 2 is 2.05 bits per heavy atom. The van der Waals surface area contributed by atoms with Crippen molar-refractivity contribution in [2.75, 3.05) is 11.5 Å². The fourth-order valence-corrected chi connectivity index (χ4v) is 2.86. The van der Waals surface area contributed by atoms with E-state index in [0.717, 1.165) is 10.5 Å². The monoisotopic (exact) mass is 276 g/mol. The van der Waals surface area contributed by atoms with Crippen LogP contribution in [0.1, 0.15) is 5.56 Å². The van der Waals surface area contributed by atoms with Crippen molar-refractivity contribution in [1.29, 1.82) is 0 Å². The van der Waals surface area contributed by atoms with Gasteiger partial charge >= 0.3 is 0 Å². The molecule has 0 fully saturated rings. The SMILES string of the molecule is Cc1cc(S(=O)CCn2ccccc2=O)ccc1N. The fraction of sp³-hybridized carbons (Fsp3) is 0.214. The molecule has 0 radical (unpaired) electrons. The van der Waals surface area contributed by atoms with Crippen LogP contribution in [0.5, 0.6) is 0 Å². The van der Waals surface area contributed by atoms with E-state index in [1.54, 1.807) is 35.0 Å². The number of rotatable bonds is 4. The number of anilines is 1. The van der Waals surface area contributed by atoms with Crippen LogP contribution in [0, 0.1) is 6.92 Å². The molecule has 0 amide bonds. The Bertz CT molecular complexity index is 664. The van der Waals surface area contributed by atoms with Crippen LogP contribution in [0.3, 0.4) is 0 Å². The van der Waals surface area contributed by atoms with E-state index in [1.807, 2.05) is 13.0 Å². The normalized spacial score (nSPS) is 12.3. The summed E-state index contributed by atoms with van der Waals surface area (Å²) in [7, 11) is -1.13. The van der Waals surface area contributed by atoms with Crippen molar-refractivity contribution in [3.8, 4) is 0 Å². The van der Waals surface area contributed by atoms with E-state index in [9.17, 15) is 9.00 Å². The van der Waals surface area contributed by atoms with E-state index in [0.29, 0.717) is 18.0 Å². The van der Waals surface area contributed by atoms with Gasteiger partial charge in [0.1, 0.15) is 0 Å². The summed E-state index contributed by atoms with van der Waals surface area (Å²) in [6.07, 6.45) is 1.70. The van der Waals surface area contributed by atoms with Gasteiger partial charge < -0.3 is 10.3 Å². The minimum atomic E-state index is -1.13. The molecule has 5 heteroatoms. The van der Waals surface area contributed by atoms with Crippen molar-refractivity contribution in [3.63, 3.8) is 0 Å². The molecule has 2 rings (SSSR count). The van der Waals surface area contributed by atoms with E-state index in [-0.39, 0.29) is 5.56 Å². The van der Waals surface area contributed by atoms with Crippen LogP contribution in [0.2, 0.25) is 0 Å². The van der Waals surface area contributed by atoms with Crippen LogP contribution in [-0.2, 0) is 17.3 Å². The third-order valence-corrected chi connectivity index (χ3v) is 4.25. The maximum absolute atomic E-state index is 12.1.